The van der Waals surface area contributed by atoms with Gasteiger partial charge in [0.15, 0.2) is 0 Å². The molecule has 3 nitrogen and oxygen atoms in total. The van der Waals surface area contributed by atoms with Crippen molar-refractivity contribution in [1.29, 1.82) is 0 Å². The molecule has 17 heavy (non-hydrogen) atoms. The normalized spacial score (nSPS) is 13.9. The van der Waals surface area contributed by atoms with Gasteiger partial charge >= 0.3 is 0 Å². The van der Waals surface area contributed by atoms with Crippen molar-refractivity contribution in [2.75, 3.05) is 6.61 Å². The molecule has 0 fully saturated rings. The van der Waals surface area contributed by atoms with Crippen LogP contribution in [0.4, 0.5) is 0 Å². The fourth-order valence-electron chi connectivity index (χ4n) is 0.907. The minimum Gasteiger partial charge on any atom is -0.396 e. The number of aliphatic hydroxyl groups excluding tert-OH is 3. The third-order valence-electron chi connectivity index (χ3n) is 1.79. The standard InChI is InChI=1S/C14H18O3/c1-2-3-4-5-7-10-13(16)14(17)11-8-6-9-12-15/h2-3,8,11,13-17H,6,9,12H2,1H3/t13-,14+/m1/s1. The Labute approximate surface area is 102 Å². The molecule has 0 aliphatic rings. The molecule has 0 rings (SSSR count). The van der Waals surface area contributed by atoms with Crippen molar-refractivity contribution in [2.24, 2.45) is 0 Å². The molecule has 0 spiro atoms. The highest BCUT2D eigenvalue weighted by molar-refractivity contribution is 5.32. The second-order valence-electron chi connectivity index (χ2n) is 3.27. The lowest BCUT2D eigenvalue weighted by Gasteiger charge is -2.06. The van der Waals surface area contributed by atoms with E-state index >= 15 is 0 Å². The highest BCUT2D eigenvalue weighted by atomic mass is 16.3. The summed E-state index contributed by atoms with van der Waals surface area (Å²) in [5.74, 6) is 10.1. The summed E-state index contributed by atoms with van der Waals surface area (Å²) in [7, 11) is 0. The van der Waals surface area contributed by atoms with Gasteiger partial charge in [-0.3, -0.25) is 0 Å². The van der Waals surface area contributed by atoms with E-state index in [2.05, 4.69) is 23.7 Å². The third kappa shape index (κ3) is 9.41. The van der Waals surface area contributed by atoms with E-state index < -0.39 is 12.2 Å². The highest BCUT2D eigenvalue weighted by Gasteiger charge is 2.08. The van der Waals surface area contributed by atoms with Crippen LogP contribution in [0.1, 0.15) is 19.8 Å². The summed E-state index contributed by atoms with van der Waals surface area (Å²) in [5.41, 5.74) is 0. The smallest absolute Gasteiger partial charge is 0.145 e. The minimum atomic E-state index is -1.14. The molecular formula is C14H18O3. The van der Waals surface area contributed by atoms with Gasteiger partial charge in [-0.05, 0) is 37.7 Å². The maximum absolute atomic E-state index is 9.46. The fourth-order valence-corrected chi connectivity index (χ4v) is 0.907. The predicted octanol–water partition coefficient (Wildman–Crippen LogP) is 0.620. The number of unbranched alkanes of at least 4 members (excludes halogenated alkanes) is 1. The molecule has 2 atom stereocenters. The van der Waals surface area contributed by atoms with Gasteiger partial charge in [-0.25, -0.2) is 0 Å². The van der Waals surface area contributed by atoms with Gasteiger partial charge in [-0.1, -0.05) is 30.1 Å². The molecular weight excluding hydrogens is 216 g/mol. The molecule has 0 aliphatic heterocycles. The summed E-state index contributed by atoms with van der Waals surface area (Å²) in [6.07, 6.45) is 5.74. The van der Waals surface area contributed by atoms with Crippen LogP contribution in [0.2, 0.25) is 0 Å². The molecule has 0 saturated carbocycles. The zero-order valence-corrected chi connectivity index (χ0v) is 9.93. The van der Waals surface area contributed by atoms with Crippen LogP contribution in [-0.2, 0) is 0 Å². The van der Waals surface area contributed by atoms with Gasteiger partial charge in [-0.2, -0.15) is 0 Å². The highest BCUT2D eigenvalue weighted by Crippen LogP contribution is 1.97. The molecule has 0 amide bonds. The Morgan fingerprint density at radius 1 is 1.24 bits per heavy atom. The van der Waals surface area contributed by atoms with Crippen LogP contribution < -0.4 is 0 Å². The monoisotopic (exact) mass is 234 g/mol. The maximum atomic E-state index is 9.46. The lowest BCUT2D eigenvalue weighted by atomic mass is 10.1. The molecule has 0 saturated heterocycles. The van der Waals surface area contributed by atoms with E-state index in [1.165, 1.54) is 6.08 Å². The van der Waals surface area contributed by atoms with E-state index in [-0.39, 0.29) is 6.61 Å². The molecule has 92 valence electrons. The van der Waals surface area contributed by atoms with E-state index in [1.54, 1.807) is 18.2 Å². The number of aliphatic hydroxyl groups is 3. The number of hydrogen-bond donors (Lipinski definition) is 3. The van der Waals surface area contributed by atoms with Crippen LogP contribution in [0.3, 0.4) is 0 Å². The first kappa shape index (κ1) is 15.5. The van der Waals surface area contributed by atoms with E-state index in [0.29, 0.717) is 12.8 Å². The predicted molar refractivity (Wildman–Crippen MR) is 67.8 cm³/mol. The average Bonchev–Trinajstić information content (AvgIpc) is 2.34. The molecule has 3 heteroatoms. The van der Waals surface area contributed by atoms with Crippen LogP contribution in [0.25, 0.3) is 0 Å². The van der Waals surface area contributed by atoms with E-state index in [1.807, 2.05) is 6.92 Å². The molecule has 0 aromatic carbocycles. The van der Waals surface area contributed by atoms with Gasteiger partial charge in [0, 0.05) is 6.61 Å². The van der Waals surface area contributed by atoms with Gasteiger partial charge in [-0.15, -0.1) is 0 Å². The topological polar surface area (TPSA) is 60.7 Å². The first-order chi connectivity index (χ1) is 8.22. The van der Waals surface area contributed by atoms with Crippen molar-refractivity contribution < 1.29 is 15.3 Å². The SMILES string of the molecule is CC=CC#CC#C[C@@H](O)[C@@H](O)C=CCCCO. The molecule has 0 aromatic rings. The van der Waals surface area contributed by atoms with Gasteiger partial charge in [0.25, 0.3) is 0 Å². The van der Waals surface area contributed by atoms with Crippen LogP contribution in [0.15, 0.2) is 24.3 Å². The first-order valence-corrected chi connectivity index (χ1v) is 5.48. The Hall–Kier alpha value is -1.52. The second-order valence-corrected chi connectivity index (χ2v) is 3.27. The molecule has 0 unspecified atom stereocenters. The summed E-state index contributed by atoms with van der Waals surface area (Å²) in [6.45, 7) is 1.96. The molecule has 0 heterocycles. The summed E-state index contributed by atoms with van der Waals surface area (Å²) < 4.78 is 0. The average molecular weight is 234 g/mol. The largest absolute Gasteiger partial charge is 0.396 e. The van der Waals surface area contributed by atoms with Crippen LogP contribution >= 0.6 is 0 Å². The quantitative estimate of drug-likeness (QED) is 0.371. The van der Waals surface area contributed by atoms with Crippen LogP contribution in [0, 0.1) is 23.7 Å². The van der Waals surface area contributed by atoms with Crippen molar-refractivity contribution in [3.8, 4) is 23.7 Å². The van der Waals surface area contributed by atoms with Crippen LogP contribution in [-0.4, -0.2) is 34.1 Å². The molecule has 0 aliphatic carbocycles. The molecule has 0 aromatic heterocycles. The Balaban J connectivity index is 4.09. The van der Waals surface area contributed by atoms with Crippen molar-refractivity contribution in [3.05, 3.63) is 24.3 Å². The Morgan fingerprint density at radius 2 is 2.00 bits per heavy atom. The van der Waals surface area contributed by atoms with Crippen molar-refractivity contribution in [2.45, 2.75) is 32.0 Å². The van der Waals surface area contributed by atoms with E-state index in [0.717, 1.165) is 0 Å². The summed E-state index contributed by atoms with van der Waals surface area (Å²) in [5, 5.41) is 27.4. The molecule has 0 radical (unpaired) electrons. The Bertz CT molecular complexity index is 360. The summed E-state index contributed by atoms with van der Waals surface area (Å²) >= 11 is 0. The maximum Gasteiger partial charge on any atom is 0.145 e. The summed E-state index contributed by atoms with van der Waals surface area (Å²) in [6, 6.07) is 0. The molecule has 3 N–H and O–H groups in total. The lowest BCUT2D eigenvalue weighted by Crippen LogP contribution is -2.21. The van der Waals surface area contributed by atoms with E-state index in [9.17, 15) is 10.2 Å². The number of hydrogen-bond acceptors (Lipinski definition) is 3. The summed E-state index contributed by atoms with van der Waals surface area (Å²) in [4.78, 5) is 0. The zero-order valence-electron chi connectivity index (χ0n) is 9.93. The van der Waals surface area contributed by atoms with Gasteiger partial charge in [0.1, 0.15) is 12.2 Å². The fraction of sp³-hybridized carbons (Fsp3) is 0.429. The molecule has 0 bridgehead atoms. The zero-order chi connectivity index (χ0) is 12.9. The number of rotatable bonds is 5. The lowest BCUT2D eigenvalue weighted by molar-refractivity contribution is 0.0868. The first-order valence-electron chi connectivity index (χ1n) is 5.48. The van der Waals surface area contributed by atoms with Gasteiger partial charge in [0.05, 0.1) is 0 Å². The van der Waals surface area contributed by atoms with Gasteiger partial charge in [0.2, 0.25) is 0 Å². The van der Waals surface area contributed by atoms with Gasteiger partial charge < -0.3 is 15.3 Å². The van der Waals surface area contributed by atoms with Crippen molar-refractivity contribution in [1.82, 2.24) is 0 Å². The second kappa shape index (κ2) is 11.0. The third-order valence-corrected chi connectivity index (χ3v) is 1.79. The Morgan fingerprint density at radius 3 is 2.65 bits per heavy atom. The van der Waals surface area contributed by atoms with Crippen molar-refractivity contribution in [3.63, 3.8) is 0 Å². The Kier molecular flexibility index (Phi) is 10.00. The number of allylic oxidation sites excluding steroid dienone is 3. The van der Waals surface area contributed by atoms with E-state index in [4.69, 9.17) is 5.11 Å². The van der Waals surface area contributed by atoms with Crippen LogP contribution in [0.5, 0.6) is 0 Å². The minimum absolute atomic E-state index is 0.114. The van der Waals surface area contributed by atoms with Crippen molar-refractivity contribution >= 4 is 0 Å².